The predicted octanol–water partition coefficient (Wildman–Crippen LogP) is 3.80. The third-order valence-electron chi connectivity index (χ3n) is 6.19. The zero-order valence-corrected chi connectivity index (χ0v) is 17.7. The Kier molecular flexibility index (Phi) is 6.31. The molecule has 1 aromatic rings. The Balaban J connectivity index is 1.40. The quantitative estimate of drug-likeness (QED) is 0.809. The molecule has 1 aliphatic carbocycles. The van der Waals surface area contributed by atoms with Gasteiger partial charge >= 0.3 is 0 Å². The fourth-order valence-electron chi connectivity index (χ4n) is 4.24. The van der Waals surface area contributed by atoms with Crippen LogP contribution in [0.15, 0.2) is 18.2 Å². The first-order valence-corrected chi connectivity index (χ1v) is 10.6. The Morgan fingerprint density at radius 2 is 1.96 bits per heavy atom. The molecule has 5 heteroatoms. The third-order valence-corrected chi connectivity index (χ3v) is 6.19. The highest BCUT2D eigenvalue weighted by molar-refractivity contribution is 5.94. The van der Waals surface area contributed by atoms with Crippen LogP contribution in [0.4, 0.5) is 0 Å². The maximum Gasteiger partial charge on any atom is 0.253 e. The molecule has 1 aromatic carbocycles. The molecule has 1 unspecified atom stereocenters. The van der Waals surface area contributed by atoms with Crippen molar-refractivity contribution >= 4 is 11.8 Å². The summed E-state index contributed by atoms with van der Waals surface area (Å²) in [7, 11) is 1.78. The molecular weight excluding hydrogens is 352 g/mol. The molecule has 0 bridgehead atoms. The van der Waals surface area contributed by atoms with Gasteiger partial charge in [0.05, 0.1) is 0 Å². The number of rotatable bonds is 6. The first-order valence-electron chi connectivity index (χ1n) is 10.6. The number of nitrogens with zero attached hydrogens (tertiary/aromatic N) is 1. The lowest BCUT2D eigenvalue weighted by molar-refractivity contribution is -0.122. The van der Waals surface area contributed by atoms with Crippen molar-refractivity contribution in [2.75, 3.05) is 20.1 Å². The first kappa shape index (κ1) is 20.7. The van der Waals surface area contributed by atoms with Crippen LogP contribution in [0, 0.1) is 11.3 Å². The molecule has 3 rings (SSSR count). The van der Waals surface area contributed by atoms with Crippen molar-refractivity contribution in [3.8, 4) is 5.75 Å². The number of hydrogen-bond acceptors (Lipinski definition) is 3. The summed E-state index contributed by atoms with van der Waals surface area (Å²) < 4.78 is 5.69. The van der Waals surface area contributed by atoms with Gasteiger partial charge in [0.15, 0.2) is 0 Å². The SMILES string of the molecule is CC1Cc2cc(C(=O)N(C)CCNC(=O)CC3CCC(C)(C)CC3)ccc2O1. The van der Waals surface area contributed by atoms with Crippen LogP contribution in [0.1, 0.15) is 68.8 Å². The van der Waals surface area contributed by atoms with Crippen LogP contribution in [-0.2, 0) is 11.2 Å². The Morgan fingerprint density at radius 3 is 2.68 bits per heavy atom. The number of hydrogen-bond donors (Lipinski definition) is 1. The Morgan fingerprint density at radius 1 is 1.25 bits per heavy atom. The summed E-state index contributed by atoms with van der Waals surface area (Å²) in [4.78, 5) is 26.5. The van der Waals surface area contributed by atoms with Gasteiger partial charge in [-0.25, -0.2) is 0 Å². The van der Waals surface area contributed by atoms with Crippen molar-refractivity contribution in [1.82, 2.24) is 10.2 Å². The Hall–Kier alpha value is -2.04. The van der Waals surface area contributed by atoms with Gasteiger partial charge in [0.25, 0.3) is 5.91 Å². The molecule has 0 radical (unpaired) electrons. The lowest BCUT2D eigenvalue weighted by Crippen LogP contribution is -2.37. The minimum Gasteiger partial charge on any atom is -0.490 e. The monoisotopic (exact) mass is 386 g/mol. The highest BCUT2D eigenvalue weighted by atomic mass is 16.5. The normalized spacial score (nSPS) is 20.9. The van der Waals surface area contributed by atoms with Crippen LogP contribution in [-0.4, -0.2) is 43.0 Å². The summed E-state index contributed by atoms with van der Waals surface area (Å²) in [5, 5.41) is 2.98. The van der Waals surface area contributed by atoms with Gasteiger partial charge < -0.3 is 15.0 Å². The second kappa shape index (κ2) is 8.54. The number of benzene rings is 1. The van der Waals surface area contributed by atoms with E-state index in [4.69, 9.17) is 4.74 Å². The average Bonchev–Trinajstić information content (AvgIpc) is 3.02. The molecular formula is C23H34N2O3. The lowest BCUT2D eigenvalue weighted by atomic mass is 9.72. The van der Waals surface area contributed by atoms with E-state index in [0.29, 0.717) is 36.4 Å². The maximum atomic E-state index is 12.7. The molecule has 1 N–H and O–H groups in total. The molecule has 0 saturated heterocycles. The van der Waals surface area contributed by atoms with Gasteiger partial charge in [-0.15, -0.1) is 0 Å². The number of likely N-dealkylation sites (N-methyl/N-ethyl adjacent to an activating group) is 1. The van der Waals surface area contributed by atoms with E-state index in [0.717, 1.165) is 30.6 Å². The lowest BCUT2D eigenvalue weighted by Gasteiger charge is -2.34. The van der Waals surface area contributed by atoms with Gasteiger partial charge in [0.2, 0.25) is 5.91 Å². The minimum absolute atomic E-state index is 0.0221. The Bertz CT molecular complexity index is 719. The van der Waals surface area contributed by atoms with Crippen molar-refractivity contribution in [2.24, 2.45) is 11.3 Å². The molecule has 5 nitrogen and oxygen atoms in total. The maximum absolute atomic E-state index is 12.7. The highest BCUT2D eigenvalue weighted by Gasteiger charge is 2.28. The largest absolute Gasteiger partial charge is 0.490 e. The van der Waals surface area contributed by atoms with E-state index in [2.05, 4.69) is 19.2 Å². The van der Waals surface area contributed by atoms with Gasteiger partial charge in [-0.3, -0.25) is 9.59 Å². The highest BCUT2D eigenvalue weighted by Crippen LogP contribution is 2.39. The second-order valence-electron chi connectivity index (χ2n) is 9.34. The zero-order chi connectivity index (χ0) is 20.3. The van der Waals surface area contributed by atoms with E-state index in [1.165, 1.54) is 12.8 Å². The summed E-state index contributed by atoms with van der Waals surface area (Å²) >= 11 is 0. The predicted molar refractivity (Wildman–Crippen MR) is 111 cm³/mol. The minimum atomic E-state index is -0.0221. The third kappa shape index (κ3) is 5.27. The van der Waals surface area contributed by atoms with E-state index >= 15 is 0 Å². The molecule has 1 atom stereocenters. The van der Waals surface area contributed by atoms with Crippen molar-refractivity contribution in [1.29, 1.82) is 0 Å². The fourth-order valence-corrected chi connectivity index (χ4v) is 4.24. The topological polar surface area (TPSA) is 58.6 Å². The van der Waals surface area contributed by atoms with Gasteiger partial charge in [0.1, 0.15) is 11.9 Å². The summed E-state index contributed by atoms with van der Waals surface area (Å²) in [5.41, 5.74) is 2.20. The molecule has 2 amide bonds. The molecule has 154 valence electrons. The number of carbonyl (C=O) groups is 2. The molecule has 0 spiro atoms. The van der Waals surface area contributed by atoms with Crippen LogP contribution >= 0.6 is 0 Å². The standard InChI is InChI=1S/C23H34N2O3/c1-16-13-19-15-18(5-6-20(19)28-16)22(27)25(4)12-11-24-21(26)14-17-7-9-23(2,3)10-8-17/h5-6,15-17H,7-14H2,1-4H3,(H,24,26). The molecule has 2 aliphatic rings. The van der Waals surface area contributed by atoms with Crippen LogP contribution in [0.2, 0.25) is 0 Å². The van der Waals surface area contributed by atoms with Gasteiger partial charge in [-0.2, -0.15) is 0 Å². The van der Waals surface area contributed by atoms with E-state index in [1.54, 1.807) is 11.9 Å². The van der Waals surface area contributed by atoms with Crippen molar-refractivity contribution in [3.63, 3.8) is 0 Å². The summed E-state index contributed by atoms with van der Waals surface area (Å²) in [6.07, 6.45) is 6.30. The van der Waals surface area contributed by atoms with Crippen LogP contribution < -0.4 is 10.1 Å². The van der Waals surface area contributed by atoms with Gasteiger partial charge in [-0.05, 0) is 67.7 Å². The molecule has 0 aromatic heterocycles. The van der Waals surface area contributed by atoms with Crippen LogP contribution in [0.3, 0.4) is 0 Å². The number of fused-ring (bicyclic) bond motifs is 1. The summed E-state index contributed by atoms with van der Waals surface area (Å²) in [6, 6.07) is 5.63. The first-order chi connectivity index (χ1) is 13.2. The second-order valence-corrected chi connectivity index (χ2v) is 9.34. The summed E-state index contributed by atoms with van der Waals surface area (Å²) in [5.74, 6) is 1.47. The van der Waals surface area contributed by atoms with Crippen molar-refractivity contribution in [3.05, 3.63) is 29.3 Å². The molecule has 28 heavy (non-hydrogen) atoms. The van der Waals surface area contributed by atoms with Crippen molar-refractivity contribution < 1.29 is 14.3 Å². The average molecular weight is 387 g/mol. The van der Waals surface area contributed by atoms with E-state index in [1.807, 2.05) is 25.1 Å². The number of nitrogens with one attached hydrogen (secondary N) is 1. The van der Waals surface area contributed by atoms with Crippen LogP contribution in [0.25, 0.3) is 0 Å². The van der Waals surface area contributed by atoms with Crippen LogP contribution in [0.5, 0.6) is 5.75 Å². The Labute approximate surface area is 168 Å². The molecule has 1 fully saturated rings. The number of carbonyl (C=O) groups excluding carboxylic acids is 2. The van der Waals surface area contributed by atoms with Crippen molar-refractivity contribution in [2.45, 2.75) is 65.4 Å². The number of amides is 2. The molecule has 1 saturated carbocycles. The smallest absolute Gasteiger partial charge is 0.253 e. The van der Waals surface area contributed by atoms with E-state index in [9.17, 15) is 9.59 Å². The van der Waals surface area contributed by atoms with E-state index in [-0.39, 0.29) is 17.9 Å². The van der Waals surface area contributed by atoms with E-state index < -0.39 is 0 Å². The summed E-state index contributed by atoms with van der Waals surface area (Å²) in [6.45, 7) is 7.65. The molecule has 1 heterocycles. The zero-order valence-electron chi connectivity index (χ0n) is 17.7. The van der Waals surface area contributed by atoms with Gasteiger partial charge in [0, 0.05) is 38.5 Å². The number of ether oxygens (including phenoxy) is 1. The molecule has 1 aliphatic heterocycles. The fraction of sp³-hybridized carbons (Fsp3) is 0.652. The van der Waals surface area contributed by atoms with Gasteiger partial charge in [-0.1, -0.05) is 13.8 Å².